The first-order valence-electron chi connectivity index (χ1n) is 7.90. The van der Waals surface area contributed by atoms with Crippen molar-refractivity contribution in [3.8, 4) is 5.75 Å². The highest BCUT2D eigenvalue weighted by Gasteiger charge is 2.30. The predicted octanol–water partition coefficient (Wildman–Crippen LogP) is 2.93. The van der Waals surface area contributed by atoms with E-state index in [2.05, 4.69) is 18.3 Å². The molecule has 1 aliphatic heterocycles. The second kappa shape index (κ2) is 8.37. The van der Waals surface area contributed by atoms with Crippen molar-refractivity contribution in [2.45, 2.75) is 45.4 Å². The van der Waals surface area contributed by atoms with Crippen molar-refractivity contribution < 1.29 is 14.2 Å². The Kier molecular flexibility index (Phi) is 6.49. The summed E-state index contributed by atoms with van der Waals surface area (Å²) in [5.74, 6) is 0.962. The maximum Gasteiger partial charge on any atom is 0.124 e. The summed E-state index contributed by atoms with van der Waals surface area (Å²) in [6.07, 6.45) is 1.37. The molecule has 1 aromatic rings. The fraction of sp³-hybridized carbons (Fsp3) is 0.647. The Balaban J connectivity index is 1.96. The summed E-state index contributed by atoms with van der Waals surface area (Å²) in [4.78, 5) is 0. The van der Waals surface area contributed by atoms with Crippen molar-refractivity contribution in [2.75, 3.05) is 26.4 Å². The predicted molar refractivity (Wildman–Crippen MR) is 83.8 cm³/mol. The van der Waals surface area contributed by atoms with Crippen LogP contribution in [-0.4, -0.2) is 38.6 Å². The van der Waals surface area contributed by atoms with Crippen LogP contribution in [-0.2, 0) is 9.47 Å². The van der Waals surface area contributed by atoms with E-state index in [0.29, 0.717) is 19.8 Å². The lowest BCUT2D eigenvalue weighted by molar-refractivity contribution is -0.0484. The van der Waals surface area contributed by atoms with E-state index in [1.54, 1.807) is 0 Å². The van der Waals surface area contributed by atoms with Gasteiger partial charge in [0.2, 0.25) is 0 Å². The van der Waals surface area contributed by atoms with Gasteiger partial charge in [0.1, 0.15) is 18.5 Å². The van der Waals surface area contributed by atoms with Gasteiger partial charge in [0.05, 0.1) is 25.4 Å². The van der Waals surface area contributed by atoms with Gasteiger partial charge in [0.25, 0.3) is 0 Å². The van der Waals surface area contributed by atoms with Gasteiger partial charge < -0.3 is 19.5 Å². The topological polar surface area (TPSA) is 39.7 Å². The molecule has 1 aromatic carbocycles. The lowest BCUT2D eigenvalue weighted by Crippen LogP contribution is -2.41. The second-order valence-electron chi connectivity index (χ2n) is 5.61. The molecule has 0 bridgehead atoms. The molecule has 0 aliphatic carbocycles. The standard InChI is InChI=1S/C17H27NO3/c1-4-9-18-17-14-7-5-6-8-15(14)21-12-16(17)20-11-10-19-13(2)3/h5-8,13,16-18H,4,9-12H2,1-3H3. The van der Waals surface area contributed by atoms with Crippen LogP contribution in [0.5, 0.6) is 5.75 Å². The molecule has 2 rings (SSSR count). The minimum absolute atomic E-state index is 0.0298. The van der Waals surface area contributed by atoms with Crippen molar-refractivity contribution in [1.29, 1.82) is 0 Å². The Hall–Kier alpha value is -1.10. The maximum atomic E-state index is 5.99. The molecule has 0 saturated carbocycles. The van der Waals surface area contributed by atoms with Gasteiger partial charge in [-0.25, -0.2) is 0 Å². The molecule has 0 spiro atoms. The number of hydrogen-bond donors (Lipinski definition) is 1. The summed E-state index contributed by atoms with van der Waals surface area (Å²) in [7, 11) is 0. The Labute approximate surface area is 127 Å². The zero-order valence-electron chi connectivity index (χ0n) is 13.3. The molecule has 0 radical (unpaired) electrons. The molecule has 0 fully saturated rings. The summed E-state index contributed by atoms with van der Waals surface area (Å²) >= 11 is 0. The monoisotopic (exact) mass is 293 g/mol. The highest BCUT2D eigenvalue weighted by Crippen LogP contribution is 2.33. The molecule has 1 aliphatic rings. The van der Waals surface area contributed by atoms with Crippen LogP contribution in [0.2, 0.25) is 0 Å². The van der Waals surface area contributed by atoms with Crippen LogP contribution in [0.3, 0.4) is 0 Å². The third kappa shape index (κ3) is 4.70. The van der Waals surface area contributed by atoms with Crippen molar-refractivity contribution in [2.24, 2.45) is 0 Å². The molecule has 0 saturated heterocycles. The molecule has 4 nitrogen and oxygen atoms in total. The van der Waals surface area contributed by atoms with E-state index in [0.717, 1.165) is 18.7 Å². The Morgan fingerprint density at radius 2 is 2.10 bits per heavy atom. The van der Waals surface area contributed by atoms with Gasteiger partial charge in [-0.2, -0.15) is 0 Å². The quantitative estimate of drug-likeness (QED) is 0.748. The fourth-order valence-electron chi connectivity index (χ4n) is 2.51. The van der Waals surface area contributed by atoms with E-state index in [4.69, 9.17) is 14.2 Å². The van der Waals surface area contributed by atoms with Gasteiger partial charge in [-0.15, -0.1) is 0 Å². The zero-order chi connectivity index (χ0) is 15.1. The zero-order valence-corrected chi connectivity index (χ0v) is 13.3. The van der Waals surface area contributed by atoms with E-state index in [-0.39, 0.29) is 18.2 Å². The largest absolute Gasteiger partial charge is 0.490 e. The van der Waals surface area contributed by atoms with Gasteiger partial charge >= 0.3 is 0 Å². The molecule has 0 aromatic heterocycles. The van der Waals surface area contributed by atoms with Gasteiger partial charge in [-0.3, -0.25) is 0 Å². The van der Waals surface area contributed by atoms with Crippen molar-refractivity contribution >= 4 is 0 Å². The molecular weight excluding hydrogens is 266 g/mol. The van der Waals surface area contributed by atoms with Crippen molar-refractivity contribution in [1.82, 2.24) is 5.32 Å². The Bertz CT molecular complexity index is 422. The summed E-state index contributed by atoms with van der Waals surface area (Å²) in [5.41, 5.74) is 1.19. The van der Waals surface area contributed by atoms with E-state index < -0.39 is 0 Å². The van der Waals surface area contributed by atoms with E-state index in [1.807, 2.05) is 32.0 Å². The van der Waals surface area contributed by atoms with Crippen molar-refractivity contribution in [3.63, 3.8) is 0 Å². The maximum absolute atomic E-state index is 5.99. The Morgan fingerprint density at radius 3 is 2.86 bits per heavy atom. The summed E-state index contributed by atoms with van der Waals surface area (Å²) < 4.78 is 17.3. The van der Waals surface area contributed by atoms with Crippen LogP contribution in [0.4, 0.5) is 0 Å². The number of para-hydroxylation sites is 1. The minimum atomic E-state index is 0.0298. The van der Waals surface area contributed by atoms with Crippen LogP contribution in [0.15, 0.2) is 24.3 Å². The number of fused-ring (bicyclic) bond motifs is 1. The molecule has 2 atom stereocenters. The number of ether oxygens (including phenoxy) is 3. The summed E-state index contributed by atoms with van der Waals surface area (Å²) in [5, 5.41) is 3.58. The third-order valence-electron chi connectivity index (χ3n) is 3.51. The van der Waals surface area contributed by atoms with E-state index in [9.17, 15) is 0 Å². The average Bonchev–Trinajstić information content (AvgIpc) is 2.49. The number of rotatable bonds is 8. The van der Waals surface area contributed by atoms with Crippen LogP contribution in [0, 0.1) is 0 Å². The van der Waals surface area contributed by atoms with Crippen LogP contribution < -0.4 is 10.1 Å². The first kappa shape index (κ1) is 16.3. The van der Waals surface area contributed by atoms with Gasteiger partial charge in [0.15, 0.2) is 0 Å². The molecule has 1 N–H and O–H groups in total. The minimum Gasteiger partial charge on any atom is -0.490 e. The molecule has 1 heterocycles. The normalized spacial score (nSPS) is 21.1. The van der Waals surface area contributed by atoms with E-state index in [1.165, 1.54) is 5.56 Å². The molecule has 0 amide bonds. The van der Waals surface area contributed by atoms with Gasteiger partial charge in [-0.1, -0.05) is 25.1 Å². The SMILES string of the molecule is CCCNC1c2ccccc2OCC1OCCOC(C)C. The lowest BCUT2D eigenvalue weighted by Gasteiger charge is -2.34. The first-order valence-corrected chi connectivity index (χ1v) is 7.90. The van der Waals surface area contributed by atoms with E-state index >= 15 is 0 Å². The van der Waals surface area contributed by atoms with Gasteiger partial charge in [0, 0.05) is 5.56 Å². The van der Waals surface area contributed by atoms with Crippen LogP contribution in [0.25, 0.3) is 0 Å². The highest BCUT2D eigenvalue weighted by atomic mass is 16.6. The molecule has 118 valence electrons. The average molecular weight is 293 g/mol. The lowest BCUT2D eigenvalue weighted by atomic mass is 9.98. The highest BCUT2D eigenvalue weighted by molar-refractivity contribution is 5.38. The van der Waals surface area contributed by atoms with Crippen LogP contribution in [0.1, 0.15) is 38.8 Å². The number of benzene rings is 1. The summed E-state index contributed by atoms with van der Waals surface area (Å²) in [6.45, 7) is 9.01. The third-order valence-corrected chi connectivity index (χ3v) is 3.51. The smallest absolute Gasteiger partial charge is 0.124 e. The Morgan fingerprint density at radius 1 is 1.29 bits per heavy atom. The molecular formula is C17H27NO3. The fourth-order valence-corrected chi connectivity index (χ4v) is 2.51. The second-order valence-corrected chi connectivity index (χ2v) is 5.61. The summed E-state index contributed by atoms with van der Waals surface area (Å²) in [6, 6.07) is 8.38. The van der Waals surface area contributed by atoms with Crippen molar-refractivity contribution in [3.05, 3.63) is 29.8 Å². The molecule has 4 heteroatoms. The first-order chi connectivity index (χ1) is 10.2. The van der Waals surface area contributed by atoms with Gasteiger partial charge in [-0.05, 0) is 32.9 Å². The molecule has 2 unspecified atom stereocenters. The molecule has 21 heavy (non-hydrogen) atoms. The van der Waals surface area contributed by atoms with Crippen LogP contribution >= 0.6 is 0 Å². The number of hydrogen-bond acceptors (Lipinski definition) is 4. The number of nitrogens with one attached hydrogen (secondary N) is 1.